The topological polar surface area (TPSA) is 12.5 Å². The summed E-state index contributed by atoms with van der Waals surface area (Å²) in [4.78, 5) is 2.78. The standard InChI is InChI=1S/C22H31NO/c1-4-5-6-16-11-20-15(2)23(14-16)10-9-19-21-13-18(24-3)8-7-17(21)12-22(19)20/h7-8,13,15-16,20H,4-6,9-12,14H2,1-3H3/t15?,16-,20?/m0/s1. The number of piperidine rings is 1. The molecule has 130 valence electrons. The van der Waals surface area contributed by atoms with Crippen molar-refractivity contribution in [3.8, 4) is 5.75 Å². The highest BCUT2D eigenvalue weighted by Crippen LogP contribution is 2.47. The van der Waals surface area contributed by atoms with E-state index in [-0.39, 0.29) is 0 Å². The van der Waals surface area contributed by atoms with Gasteiger partial charge in [-0.25, -0.2) is 0 Å². The molecule has 2 nitrogen and oxygen atoms in total. The normalized spacial score (nSPS) is 31.5. The van der Waals surface area contributed by atoms with Gasteiger partial charge in [0.2, 0.25) is 0 Å². The van der Waals surface area contributed by atoms with Gasteiger partial charge in [-0.3, -0.25) is 4.90 Å². The number of unbranched alkanes of at least 4 members (excludes halogenated alkanes) is 1. The summed E-state index contributed by atoms with van der Waals surface area (Å²) in [7, 11) is 1.78. The molecule has 0 aromatic heterocycles. The third-order valence-electron chi connectivity index (χ3n) is 6.71. The summed E-state index contributed by atoms with van der Waals surface area (Å²) in [6.45, 7) is 7.35. The maximum atomic E-state index is 5.49. The molecule has 2 aliphatic heterocycles. The number of hydrogen-bond donors (Lipinski definition) is 0. The Morgan fingerprint density at radius 1 is 1.29 bits per heavy atom. The Hall–Kier alpha value is -1.28. The fraction of sp³-hybridized carbons (Fsp3) is 0.636. The third kappa shape index (κ3) is 2.69. The second-order valence-corrected chi connectivity index (χ2v) is 8.04. The predicted octanol–water partition coefficient (Wildman–Crippen LogP) is 4.93. The fourth-order valence-corrected chi connectivity index (χ4v) is 5.32. The Morgan fingerprint density at radius 2 is 2.17 bits per heavy atom. The maximum absolute atomic E-state index is 5.49. The first kappa shape index (κ1) is 16.2. The second kappa shape index (κ2) is 6.55. The summed E-state index contributed by atoms with van der Waals surface area (Å²) < 4.78 is 5.49. The summed E-state index contributed by atoms with van der Waals surface area (Å²) in [6.07, 6.45) is 7.94. The Bertz CT molecular complexity index is 647. The lowest BCUT2D eigenvalue weighted by Crippen LogP contribution is -2.47. The van der Waals surface area contributed by atoms with Crippen molar-refractivity contribution in [1.29, 1.82) is 0 Å². The van der Waals surface area contributed by atoms with E-state index >= 15 is 0 Å². The van der Waals surface area contributed by atoms with E-state index in [0.29, 0.717) is 6.04 Å². The highest BCUT2D eigenvalue weighted by atomic mass is 16.5. The van der Waals surface area contributed by atoms with Gasteiger partial charge in [0, 0.05) is 19.1 Å². The Morgan fingerprint density at radius 3 is 2.96 bits per heavy atom. The average molecular weight is 325 g/mol. The first-order chi connectivity index (χ1) is 11.7. The van der Waals surface area contributed by atoms with Crippen molar-refractivity contribution >= 4 is 5.57 Å². The number of rotatable bonds is 4. The van der Waals surface area contributed by atoms with Gasteiger partial charge in [0.1, 0.15) is 5.75 Å². The van der Waals surface area contributed by atoms with E-state index in [1.54, 1.807) is 18.3 Å². The quantitative estimate of drug-likeness (QED) is 0.778. The molecule has 2 heteroatoms. The van der Waals surface area contributed by atoms with Gasteiger partial charge in [0.05, 0.1) is 7.11 Å². The van der Waals surface area contributed by atoms with Crippen molar-refractivity contribution in [2.45, 2.75) is 58.4 Å². The summed E-state index contributed by atoms with van der Waals surface area (Å²) in [5.74, 6) is 2.66. The van der Waals surface area contributed by atoms with Crippen molar-refractivity contribution in [3.63, 3.8) is 0 Å². The molecule has 2 heterocycles. The number of methoxy groups -OCH3 is 1. The first-order valence-corrected chi connectivity index (χ1v) is 9.84. The van der Waals surface area contributed by atoms with Crippen LogP contribution in [-0.4, -0.2) is 31.1 Å². The fourth-order valence-electron chi connectivity index (χ4n) is 5.32. The minimum atomic E-state index is 0.714. The van der Waals surface area contributed by atoms with Crippen molar-refractivity contribution in [3.05, 3.63) is 34.9 Å². The minimum Gasteiger partial charge on any atom is -0.497 e. The highest BCUT2D eigenvalue weighted by molar-refractivity contribution is 5.78. The van der Waals surface area contributed by atoms with Gasteiger partial charge in [-0.15, -0.1) is 0 Å². The number of nitrogens with zero attached hydrogens (tertiary/aromatic N) is 1. The third-order valence-corrected chi connectivity index (χ3v) is 6.71. The molecule has 1 aliphatic carbocycles. The monoisotopic (exact) mass is 325 g/mol. The summed E-state index contributed by atoms with van der Waals surface area (Å²) >= 11 is 0. The molecular formula is C22H31NO. The molecule has 4 atom stereocenters. The first-order valence-electron chi connectivity index (χ1n) is 9.84. The summed E-state index contributed by atoms with van der Waals surface area (Å²) in [5, 5.41) is 0. The number of fused-ring (bicyclic) bond motifs is 5. The van der Waals surface area contributed by atoms with Crippen LogP contribution in [0.5, 0.6) is 5.75 Å². The molecule has 1 aromatic rings. The van der Waals surface area contributed by atoms with Crippen molar-refractivity contribution in [2.24, 2.45) is 11.8 Å². The molecule has 1 aromatic carbocycles. The molecule has 4 rings (SSSR count). The van der Waals surface area contributed by atoms with E-state index in [1.165, 1.54) is 62.7 Å². The highest BCUT2D eigenvalue weighted by Gasteiger charge is 2.40. The number of hydrogen-bond acceptors (Lipinski definition) is 2. The number of ether oxygens (including phenoxy) is 1. The van der Waals surface area contributed by atoms with Crippen LogP contribution in [0.3, 0.4) is 0 Å². The lowest BCUT2D eigenvalue weighted by atomic mass is 9.77. The molecule has 24 heavy (non-hydrogen) atoms. The van der Waals surface area contributed by atoms with Gasteiger partial charge in [-0.2, -0.15) is 0 Å². The summed E-state index contributed by atoms with van der Waals surface area (Å²) in [6, 6.07) is 7.42. The SMILES string of the molecule is CCCC[C@H]1CC2C3=C(CCN(C1)C2C)c1cc(OC)ccc1C3. The van der Waals surface area contributed by atoms with Crippen molar-refractivity contribution in [1.82, 2.24) is 4.90 Å². The van der Waals surface area contributed by atoms with Gasteiger partial charge >= 0.3 is 0 Å². The van der Waals surface area contributed by atoms with Crippen LogP contribution in [0.1, 0.15) is 57.1 Å². The van der Waals surface area contributed by atoms with Crippen LogP contribution in [0.25, 0.3) is 5.57 Å². The molecule has 0 N–H and O–H groups in total. The molecule has 0 spiro atoms. The van der Waals surface area contributed by atoms with Gasteiger partial charge in [0.15, 0.2) is 0 Å². The van der Waals surface area contributed by atoms with E-state index < -0.39 is 0 Å². The van der Waals surface area contributed by atoms with E-state index in [1.807, 2.05) is 0 Å². The Kier molecular flexibility index (Phi) is 4.42. The van der Waals surface area contributed by atoms with Crippen LogP contribution in [0.2, 0.25) is 0 Å². The summed E-state index contributed by atoms with van der Waals surface area (Å²) in [5.41, 5.74) is 6.42. The predicted molar refractivity (Wildman–Crippen MR) is 100 cm³/mol. The zero-order chi connectivity index (χ0) is 16.7. The molecule has 2 bridgehead atoms. The molecule has 1 fully saturated rings. The van der Waals surface area contributed by atoms with Crippen LogP contribution in [0.15, 0.2) is 23.8 Å². The van der Waals surface area contributed by atoms with Crippen LogP contribution < -0.4 is 4.74 Å². The minimum absolute atomic E-state index is 0.714. The van der Waals surface area contributed by atoms with Crippen LogP contribution in [-0.2, 0) is 6.42 Å². The molecule has 0 radical (unpaired) electrons. The average Bonchev–Trinajstić information content (AvgIpc) is 2.94. The van der Waals surface area contributed by atoms with E-state index in [2.05, 4.69) is 36.9 Å². The lowest BCUT2D eigenvalue weighted by Gasteiger charge is -2.43. The zero-order valence-corrected chi connectivity index (χ0v) is 15.5. The number of benzene rings is 1. The van der Waals surface area contributed by atoms with Crippen molar-refractivity contribution < 1.29 is 4.74 Å². The van der Waals surface area contributed by atoms with Crippen molar-refractivity contribution in [2.75, 3.05) is 20.2 Å². The molecular weight excluding hydrogens is 294 g/mol. The van der Waals surface area contributed by atoms with Crippen LogP contribution in [0.4, 0.5) is 0 Å². The largest absolute Gasteiger partial charge is 0.497 e. The van der Waals surface area contributed by atoms with Gasteiger partial charge in [-0.05, 0) is 73.3 Å². The van der Waals surface area contributed by atoms with Crippen LogP contribution >= 0.6 is 0 Å². The van der Waals surface area contributed by atoms with Gasteiger partial charge in [-0.1, -0.05) is 31.4 Å². The zero-order valence-electron chi connectivity index (χ0n) is 15.5. The molecule has 3 aliphatic rings. The lowest BCUT2D eigenvalue weighted by molar-refractivity contribution is 0.0823. The molecule has 3 unspecified atom stereocenters. The Labute approximate surface area is 146 Å². The van der Waals surface area contributed by atoms with Gasteiger partial charge in [0.25, 0.3) is 0 Å². The smallest absolute Gasteiger partial charge is 0.119 e. The molecule has 1 saturated heterocycles. The maximum Gasteiger partial charge on any atom is 0.119 e. The molecule has 0 amide bonds. The van der Waals surface area contributed by atoms with E-state index in [0.717, 1.165) is 17.6 Å². The van der Waals surface area contributed by atoms with Crippen LogP contribution in [0, 0.1) is 11.8 Å². The second-order valence-electron chi connectivity index (χ2n) is 8.04. The van der Waals surface area contributed by atoms with E-state index in [9.17, 15) is 0 Å². The van der Waals surface area contributed by atoms with Gasteiger partial charge < -0.3 is 4.74 Å². The molecule has 0 saturated carbocycles. The van der Waals surface area contributed by atoms with E-state index in [4.69, 9.17) is 4.74 Å². The Balaban J connectivity index is 1.65.